The van der Waals surface area contributed by atoms with Gasteiger partial charge in [-0.3, -0.25) is 9.35 Å². The van der Waals surface area contributed by atoms with Gasteiger partial charge >= 0.3 is 27.3 Å². The van der Waals surface area contributed by atoms with E-state index in [-0.39, 0.29) is 37.9 Å². The molecule has 4 aliphatic rings. The molecule has 148 valence electrons. The van der Waals surface area contributed by atoms with Crippen LogP contribution in [-0.4, -0.2) is 49.7 Å². The average Bonchev–Trinajstić information content (AvgIpc) is 2.49. The van der Waals surface area contributed by atoms with E-state index in [1.807, 2.05) is 0 Å². The van der Waals surface area contributed by atoms with Gasteiger partial charge in [0, 0.05) is 13.5 Å². The van der Waals surface area contributed by atoms with Crippen molar-refractivity contribution in [1.82, 2.24) is 0 Å². The van der Waals surface area contributed by atoms with Gasteiger partial charge in [-0.1, -0.05) is 0 Å². The molecule has 2 atom stereocenters. The number of halogens is 2. The fraction of sp³-hybridized carbons (Fsp3) is 0.867. The summed E-state index contributed by atoms with van der Waals surface area (Å²) in [4.78, 5) is 24.3. The minimum absolute atomic E-state index is 0.0111. The van der Waals surface area contributed by atoms with E-state index in [4.69, 9.17) is 18.8 Å². The van der Waals surface area contributed by atoms with E-state index in [1.54, 1.807) is 0 Å². The minimum Gasteiger partial charge on any atom is -0.454 e. The zero-order valence-electron chi connectivity index (χ0n) is 14.1. The van der Waals surface area contributed by atoms with Crippen molar-refractivity contribution in [3.8, 4) is 0 Å². The summed E-state index contributed by atoms with van der Waals surface area (Å²) >= 11 is 0. The molecule has 0 aromatic heterocycles. The molecule has 0 heterocycles. The first kappa shape index (κ1) is 19.4. The molecule has 4 rings (SSSR count). The maximum Gasteiger partial charge on any atom is 0.465 e. The maximum absolute atomic E-state index is 13.6. The van der Waals surface area contributed by atoms with Gasteiger partial charge < -0.3 is 14.2 Å². The number of rotatable bonds is 6. The Hall–Kier alpha value is -1.33. The van der Waals surface area contributed by atoms with E-state index in [1.165, 1.54) is 7.11 Å². The molecule has 0 spiro atoms. The minimum atomic E-state index is -5.94. The normalized spacial score (nSPS) is 36.0. The van der Waals surface area contributed by atoms with Crippen LogP contribution in [0.4, 0.5) is 8.78 Å². The fourth-order valence-corrected chi connectivity index (χ4v) is 5.42. The third-order valence-electron chi connectivity index (χ3n) is 5.62. The number of alkyl halides is 2. The lowest BCUT2D eigenvalue weighted by molar-refractivity contribution is -0.223. The van der Waals surface area contributed by atoms with Crippen LogP contribution in [-0.2, 0) is 33.9 Å². The molecule has 1 N–H and O–H groups in total. The van der Waals surface area contributed by atoms with E-state index in [0.717, 1.165) is 6.42 Å². The van der Waals surface area contributed by atoms with Gasteiger partial charge in [-0.2, -0.15) is 17.2 Å². The van der Waals surface area contributed by atoms with Gasteiger partial charge in [0.15, 0.2) is 6.79 Å². The van der Waals surface area contributed by atoms with Crippen LogP contribution in [0.5, 0.6) is 0 Å². The molecule has 4 bridgehead atoms. The monoisotopic (exact) mass is 398 g/mol. The van der Waals surface area contributed by atoms with E-state index in [9.17, 15) is 26.8 Å². The largest absolute Gasteiger partial charge is 0.465 e. The summed E-state index contributed by atoms with van der Waals surface area (Å²) < 4.78 is 72.1. The van der Waals surface area contributed by atoms with Crippen molar-refractivity contribution in [3.63, 3.8) is 0 Å². The Balaban J connectivity index is 1.84. The molecular weight excluding hydrogens is 378 g/mol. The van der Waals surface area contributed by atoms with Gasteiger partial charge in [0.05, 0.1) is 5.41 Å². The zero-order chi connectivity index (χ0) is 19.4. The standard InChI is InChI=1S/C15H20F2O8S/c1-23-8-24-11(18)13-3-9-2-10(4-13)6-14(5-9,7-13)25-12(19)15(16,17)26(20,21)22/h9-10H,2-8H2,1H3,(H,20,21,22). The van der Waals surface area contributed by atoms with Crippen molar-refractivity contribution in [2.24, 2.45) is 17.3 Å². The lowest BCUT2D eigenvalue weighted by Gasteiger charge is -2.59. The summed E-state index contributed by atoms with van der Waals surface area (Å²) in [5, 5.41) is -5.06. The van der Waals surface area contributed by atoms with Crippen molar-refractivity contribution < 1.29 is 45.6 Å². The van der Waals surface area contributed by atoms with Gasteiger partial charge in [-0.05, 0) is 43.9 Å². The van der Waals surface area contributed by atoms with E-state index in [2.05, 4.69) is 0 Å². The summed E-state index contributed by atoms with van der Waals surface area (Å²) in [6.07, 6.45) is 2.32. The van der Waals surface area contributed by atoms with Crippen molar-refractivity contribution in [2.45, 2.75) is 49.4 Å². The van der Waals surface area contributed by atoms with Gasteiger partial charge in [0.1, 0.15) is 5.60 Å². The molecule has 0 aromatic carbocycles. The third-order valence-corrected chi connectivity index (χ3v) is 6.43. The highest BCUT2D eigenvalue weighted by Gasteiger charge is 2.65. The molecular formula is C15H20F2O8S. The molecule has 4 fully saturated rings. The molecule has 0 saturated heterocycles. The number of methoxy groups -OCH3 is 1. The fourth-order valence-electron chi connectivity index (χ4n) is 5.16. The van der Waals surface area contributed by atoms with Gasteiger partial charge in [0.25, 0.3) is 0 Å². The van der Waals surface area contributed by atoms with Gasteiger partial charge in [0.2, 0.25) is 0 Å². The number of ether oxygens (including phenoxy) is 3. The van der Waals surface area contributed by atoms with Crippen LogP contribution in [0.2, 0.25) is 0 Å². The molecule has 2 unspecified atom stereocenters. The third kappa shape index (κ3) is 3.09. The van der Waals surface area contributed by atoms with E-state index >= 15 is 0 Å². The SMILES string of the molecule is COCOC(=O)C12CC3CC(CC(OC(=O)C(F)(F)S(=O)(=O)O)(C3)C1)C2. The molecule has 0 radical (unpaired) electrons. The smallest absolute Gasteiger partial charge is 0.454 e. The highest BCUT2D eigenvalue weighted by Crippen LogP contribution is 2.63. The van der Waals surface area contributed by atoms with Crippen LogP contribution in [0.15, 0.2) is 0 Å². The highest BCUT2D eigenvalue weighted by molar-refractivity contribution is 7.87. The molecule has 4 aliphatic carbocycles. The molecule has 26 heavy (non-hydrogen) atoms. The van der Waals surface area contributed by atoms with Gasteiger partial charge in [-0.25, -0.2) is 4.79 Å². The van der Waals surface area contributed by atoms with Crippen LogP contribution < -0.4 is 0 Å². The first-order chi connectivity index (χ1) is 11.9. The number of hydrogen-bond acceptors (Lipinski definition) is 7. The Morgan fingerprint density at radius 1 is 1.19 bits per heavy atom. The Kier molecular flexibility index (Phi) is 4.56. The summed E-state index contributed by atoms with van der Waals surface area (Å²) in [6.45, 7) is -0.246. The zero-order valence-corrected chi connectivity index (χ0v) is 14.9. The topological polar surface area (TPSA) is 116 Å². The van der Waals surface area contributed by atoms with Gasteiger partial charge in [-0.15, -0.1) is 0 Å². The van der Waals surface area contributed by atoms with E-state index < -0.39 is 38.3 Å². The van der Waals surface area contributed by atoms with Crippen molar-refractivity contribution in [3.05, 3.63) is 0 Å². The quantitative estimate of drug-likeness (QED) is 0.406. The lowest BCUT2D eigenvalue weighted by Crippen LogP contribution is -2.61. The highest BCUT2D eigenvalue weighted by atomic mass is 32.2. The molecule has 0 amide bonds. The maximum atomic E-state index is 13.6. The summed E-state index contributed by atoms with van der Waals surface area (Å²) in [5.74, 6) is -2.88. The number of carbonyl (C=O) groups excluding carboxylic acids is 2. The average molecular weight is 398 g/mol. The predicted octanol–water partition coefficient (Wildman–Crippen LogP) is 1.50. The second kappa shape index (κ2) is 6.10. The van der Waals surface area contributed by atoms with Crippen LogP contribution in [0.25, 0.3) is 0 Å². The Bertz CT molecular complexity index is 705. The predicted molar refractivity (Wildman–Crippen MR) is 80.4 cm³/mol. The Morgan fingerprint density at radius 3 is 2.27 bits per heavy atom. The summed E-state index contributed by atoms with van der Waals surface area (Å²) in [6, 6.07) is 0. The molecule has 0 aliphatic heterocycles. The lowest BCUT2D eigenvalue weighted by atomic mass is 9.48. The first-order valence-electron chi connectivity index (χ1n) is 8.18. The second-order valence-corrected chi connectivity index (χ2v) is 9.11. The Morgan fingerprint density at radius 2 is 1.77 bits per heavy atom. The van der Waals surface area contributed by atoms with Crippen LogP contribution in [0.1, 0.15) is 38.5 Å². The molecule has 0 aromatic rings. The Labute approximate surface area is 148 Å². The molecule has 11 heteroatoms. The number of carbonyl (C=O) groups is 2. The molecule has 8 nitrogen and oxygen atoms in total. The molecule has 4 saturated carbocycles. The number of esters is 2. The van der Waals surface area contributed by atoms with Crippen molar-refractivity contribution >= 4 is 22.1 Å². The second-order valence-electron chi connectivity index (χ2n) is 7.64. The van der Waals surface area contributed by atoms with Crippen LogP contribution in [0.3, 0.4) is 0 Å². The van der Waals surface area contributed by atoms with Crippen molar-refractivity contribution in [2.75, 3.05) is 13.9 Å². The van der Waals surface area contributed by atoms with Crippen LogP contribution >= 0.6 is 0 Å². The summed E-state index contributed by atoms with van der Waals surface area (Å²) in [5.41, 5.74) is -2.32. The summed E-state index contributed by atoms with van der Waals surface area (Å²) in [7, 11) is -4.59. The van der Waals surface area contributed by atoms with Crippen LogP contribution in [0, 0.1) is 17.3 Å². The first-order valence-corrected chi connectivity index (χ1v) is 9.62. The number of hydrogen-bond donors (Lipinski definition) is 1. The van der Waals surface area contributed by atoms with Crippen molar-refractivity contribution in [1.29, 1.82) is 0 Å². The van der Waals surface area contributed by atoms with E-state index in [0.29, 0.717) is 12.8 Å².